The van der Waals surface area contributed by atoms with Crippen molar-refractivity contribution in [2.24, 2.45) is 13.0 Å². The average Bonchev–Trinajstić information content (AvgIpc) is 3.03. The van der Waals surface area contributed by atoms with E-state index in [4.69, 9.17) is 5.73 Å². The van der Waals surface area contributed by atoms with Gasteiger partial charge in [0.15, 0.2) is 0 Å². The van der Waals surface area contributed by atoms with E-state index in [0.29, 0.717) is 0 Å². The van der Waals surface area contributed by atoms with Crippen molar-refractivity contribution in [3.63, 3.8) is 0 Å². The molecule has 1 aliphatic carbocycles. The lowest BCUT2D eigenvalue weighted by molar-refractivity contribution is 0.676. The van der Waals surface area contributed by atoms with Crippen LogP contribution in [0, 0.1) is 5.92 Å². The summed E-state index contributed by atoms with van der Waals surface area (Å²) >= 11 is 0. The van der Waals surface area contributed by atoms with Crippen LogP contribution in [0.5, 0.6) is 0 Å². The van der Waals surface area contributed by atoms with Crippen LogP contribution in [0.1, 0.15) is 32.4 Å². The van der Waals surface area contributed by atoms with E-state index < -0.39 is 0 Å². The lowest BCUT2D eigenvalue weighted by Crippen LogP contribution is -2.28. The van der Waals surface area contributed by atoms with Crippen LogP contribution in [0.4, 0.5) is 11.5 Å². The Morgan fingerprint density at radius 1 is 1.44 bits per heavy atom. The van der Waals surface area contributed by atoms with Crippen LogP contribution in [-0.2, 0) is 13.5 Å². The Hall–Kier alpha value is -1.19. The minimum atomic E-state index is 0.868. The Kier molecular flexibility index (Phi) is 3.08. The number of nitrogens with two attached hydrogens (primary N) is 1. The van der Waals surface area contributed by atoms with Crippen molar-refractivity contribution in [3.05, 3.63) is 5.69 Å². The minimum Gasteiger partial charge on any atom is -0.394 e. The zero-order valence-corrected chi connectivity index (χ0v) is 10.5. The van der Waals surface area contributed by atoms with Crippen molar-refractivity contribution in [3.8, 4) is 0 Å². The Balaban J connectivity index is 2.24. The number of rotatable bonds is 5. The van der Waals surface area contributed by atoms with Crippen molar-refractivity contribution in [1.29, 1.82) is 0 Å². The molecule has 2 N–H and O–H groups in total. The quantitative estimate of drug-likeness (QED) is 0.826. The largest absolute Gasteiger partial charge is 0.394 e. The molecule has 0 unspecified atom stereocenters. The maximum Gasteiger partial charge on any atom is 0.150 e. The second kappa shape index (κ2) is 4.36. The molecule has 1 aromatic rings. The number of aryl methyl sites for hydroxylation is 2. The summed E-state index contributed by atoms with van der Waals surface area (Å²) in [5.41, 5.74) is 8.05. The molecule has 0 saturated heterocycles. The fourth-order valence-electron chi connectivity index (χ4n) is 2.20. The third-order valence-corrected chi connectivity index (χ3v) is 3.32. The van der Waals surface area contributed by atoms with Crippen molar-refractivity contribution in [1.82, 2.24) is 9.78 Å². The maximum absolute atomic E-state index is 6.16. The summed E-state index contributed by atoms with van der Waals surface area (Å²) in [7, 11) is 1.99. The summed E-state index contributed by atoms with van der Waals surface area (Å²) < 4.78 is 1.93. The first kappa shape index (κ1) is 11.3. The van der Waals surface area contributed by atoms with Gasteiger partial charge >= 0.3 is 0 Å². The summed E-state index contributed by atoms with van der Waals surface area (Å²) in [6.45, 7) is 6.41. The van der Waals surface area contributed by atoms with Crippen molar-refractivity contribution >= 4 is 11.5 Å². The molecule has 1 saturated carbocycles. The van der Waals surface area contributed by atoms with Crippen LogP contribution in [0.2, 0.25) is 0 Å². The highest BCUT2D eigenvalue weighted by atomic mass is 15.4. The lowest BCUT2D eigenvalue weighted by Gasteiger charge is -2.23. The number of hydrogen-bond donors (Lipinski definition) is 1. The van der Waals surface area contributed by atoms with Gasteiger partial charge in [-0.3, -0.25) is 4.68 Å². The molecular weight excluding hydrogens is 200 g/mol. The van der Waals surface area contributed by atoms with Crippen molar-refractivity contribution < 1.29 is 0 Å². The highest BCUT2D eigenvalue weighted by Gasteiger charge is 2.26. The highest BCUT2D eigenvalue weighted by Crippen LogP contribution is 2.33. The monoisotopic (exact) mass is 222 g/mol. The zero-order valence-electron chi connectivity index (χ0n) is 10.5. The molecule has 90 valence electrons. The van der Waals surface area contributed by atoms with E-state index in [2.05, 4.69) is 23.8 Å². The fraction of sp³-hybridized carbons (Fsp3) is 0.750. The van der Waals surface area contributed by atoms with E-state index in [9.17, 15) is 0 Å². The van der Waals surface area contributed by atoms with Crippen molar-refractivity contribution in [2.75, 3.05) is 23.7 Å². The number of anilines is 2. The standard InChI is InChI=1S/C12H22N4/c1-4-10-11(13)12(15(3)14-10)16(5-2)8-9-6-7-9/h9H,4-8,13H2,1-3H3. The lowest BCUT2D eigenvalue weighted by atomic mass is 10.2. The van der Waals surface area contributed by atoms with E-state index in [1.165, 1.54) is 12.8 Å². The molecule has 0 aromatic carbocycles. The Labute approximate surface area is 97.4 Å². The molecule has 1 heterocycles. The average molecular weight is 222 g/mol. The van der Waals surface area contributed by atoms with Crippen LogP contribution in [0.3, 0.4) is 0 Å². The Morgan fingerprint density at radius 3 is 2.56 bits per heavy atom. The predicted octanol–water partition coefficient (Wildman–Crippen LogP) is 1.80. The summed E-state index contributed by atoms with van der Waals surface area (Å²) in [6, 6.07) is 0. The van der Waals surface area contributed by atoms with Gasteiger partial charge in [0.05, 0.1) is 11.4 Å². The number of nitrogens with zero attached hydrogens (tertiary/aromatic N) is 3. The van der Waals surface area contributed by atoms with Crippen LogP contribution in [0.15, 0.2) is 0 Å². The van der Waals surface area contributed by atoms with Gasteiger partial charge < -0.3 is 10.6 Å². The molecule has 1 aliphatic rings. The van der Waals surface area contributed by atoms with Crippen molar-refractivity contribution in [2.45, 2.75) is 33.1 Å². The van der Waals surface area contributed by atoms with Gasteiger partial charge in [0.1, 0.15) is 5.82 Å². The van der Waals surface area contributed by atoms with E-state index >= 15 is 0 Å². The van der Waals surface area contributed by atoms with E-state index in [0.717, 1.165) is 42.6 Å². The SMILES string of the molecule is CCc1nn(C)c(N(CC)CC2CC2)c1N. The second-order valence-corrected chi connectivity index (χ2v) is 4.64. The maximum atomic E-state index is 6.16. The van der Waals surface area contributed by atoms with Gasteiger partial charge in [0.25, 0.3) is 0 Å². The first-order valence-corrected chi connectivity index (χ1v) is 6.23. The van der Waals surface area contributed by atoms with Crippen LogP contribution >= 0.6 is 0 Å². The Bertz CT molecular complexity index is 365. The molecule has 0 atom stereocenters. The molecule has 16 heavy (non-hydrogen) atoms. The van der Waals surface area contributed by atoms with E-state index in [-0.39, 0.29) is 0 Å². The zero-order chi connectivity index (χ0) is 11.7. The third kappa shape index (κ3) is 2.01. The molecule has 0 spiro atoms. The summed E-state index contributed by atoms with van der Waals surface area (Å²) in [5, 5.41) is 4.48. The van der Waals surface area contributed by atoms with E-state index in [1.54, 1.807) is 0 Å². The van der Waals surface area contributed by atoms with Gasteiger partial charge in [-0.2, -0.15) is 5.10 Å². The molecule has 2 rings (SSSR count). The van der Waals surface area contributed by atoms with Gasteiger partial charge in [0, 0.05) is 20.1 Å². The smallest absolute Gasteiger partial charge is 0.150 e. The topological polar surface area (TPSA) is 47.1 Å². The highest BCUT2D eigenvalue weighted by molar-refractivity contribution is 5.66. The minimum absolute atomic E-state index is 0.868. The first-order chi connectivity index (χ1) is 7.67. The molecule has 1 aromatic heterocycles. The third-order valence-electron chi connectivity index (χ3n) is 3.32. The van der Waals surface area contributed by atoms with E-state index in [1.807, 2.05) is 11.7 Å². The first-order valence-electron chi connectivity index (χ1n) is 6.23. The van der Waals surface area contributed by atoms with Gasteiger partial charge in [0.2, 0.25) is 0 Å². The van der Waals surface area contributed by atoms with Crippen LogP contribution in [-0.4, -0.2) is 22.9 Å². The van der Waals surface area contributed by atoms with Crippen LogP contribution < -0.4 is 10.6 Å². The number of aromatic nitrogens is 2. The molecule has 0 bridgehead atoms. The molecular formula is C12H22N4. The summed E-state index contributed by atoms with van der Waals surface area (Å²) in [6.07, 6.45) is 3.64. The Morgan fingerprint density at radius 2 is 2.12 bits per heavy atom. The summed E-state index contributed by atoms with van der Waals surface area (Å²) in [4.78, 5) is 2.36. The normalized spacial score (nSPS) is 15.4. The molecule has 0 radical (unpaired) electrons. The molecule has 0 amide bonds. The molecule has 4 nitrogen and oxygen atoms in total. The van der Waals surface area contributed by atoms with Gasteiger partial charge in [-0.05, 0) is 32.1 Å². The van der Waals surface area contributed by atoms with Gasteiger partial charge in [-0.15, -0.1) is 0 Å². The molecule has 4 heteroatoms. The predicted molar refractivity (Wildman–Crippen MR) is 67.6 cm³/mol. The number of hydrogen-bond acceptors (Lipinski definition) is 3. The van der Waals surface area contributed by atoms with Gasteiger partial charge in [-0.1, -0.05) is 6.92 Å². The second-order valence-electron chi connectivity index (χ2n) is 4.64. The molecule has 1 fully saturated rings. The van der Waals surface area contributed by atoms with Crippen LogP contribution in [0.25, 0.3) is 0 Å². The number of nitrogen functional groups attached to an aromatic ring is 1. The fourth-order valence-corrected chi connectivity index (χ4v) is 2.20. The molecule has 0 aliphatic heterocycles. The van der Waals surface area contributed by atoms with Gasteiger partial charge in [-0.25, -0.2) is 0 Å². The summed E-state index contributed by atoms with van der Waals surface area (Å²) in [5.74, 6) is 1.98.